The molecule has 0 bridgehead atoms. The second kappa shape index (κ2) is 7.26. The zero-order valence-electron chi connectivity index (χ0n) is 15.0. The van der Waals surface area contributed by atoms with Gasteiger partial charge in [0.1, 0.15) is 0 Å². The summed E-state index contributed by atoms with van der Waals surface area (Å²) in [6.07, 6.45) is 1.68. The van der Waals surface area contributed by atoms with Gasteiger partial charge >= 0.3 is 6.09 Å². The highest BCUT2D eigenvalue weighted by Gasteiger charge is 2.33. The molecule has 0 aliphatic carbocycles. The molecule has 1 aromatic rings. The van der Waals surface area contributed by atoms with Crippen molar-refractivity contribution < 1.29 is 22.7 Å². The maximum atomic E-state index is 12.8. The molecule has 0 aromatic carbocycles. The molecule has 0 saturated carbocycles. The topological polar surface area (TPSA) is 102 Å². The average Bonchev–Trinajstić information content (AvgIpc) is 3.16. The third kappa shape index (κ3) is 3.69. The van der Waals surface area contributed by atoms with Crippen LogP contribution in [0.15, 0.2) is 6.20 Å². The SMILES string of the molecule is CCOC(=O)N1CCN(C(=O)c2cnn(C3CCS(=O)(=O)C3)c2C)CC1. The minimum atomic E-state index is -3.02. The first-order valence-corrected chi connectivity index (χ1v) is 10.6. The van der Waals surface area contributed by atoms with E-state index in [-0.39, 0.29) is 29.5 Å². The molecule has 26 heavy (non-hydrogen) atoms. The van der Waals surface area contributed by atoms with Gasteiger partial charge in [0.25, 0.3) is 5.91 Å². The van der Waals surface area contributed by atoms with Crippen LogP contribution in [-0.2, 0) is 14.6 Å². The van der Waals surface area contributed by atoms with Gasteiger partial charge in [0.05, 0.1) is 35.9 Å². The summed E-state index contributed by atoms with van der Waals surface area (Å²) in [4.78, 5) is 27.8. The van der Waals surface area contributed by atoms with Crippen LogP contribution in [0.3, 0.4) is 0 Å². The number of carbonyl (C=O) groups excluding carboxylic acids is 2. The molecule has 2 aliphatic rings. The maximum absolute atomic E-state index is 12.8. The number of piperazine rings is 1. The summed E-state index contributed by atoms with van der Waals surface area (Å²) in [6, 6.07) is -0.206. The first kappa shape index (κ1) is 18.7. The zero-order valence-corrected chi connectivity index (χ0v) is 15.9. The van der Waals surface area contributed by atoms with Crippen molar-refractivity contribution in [2.75, 3.05) is 44.3 Å². The van der Waals surface area contributed by atoms with E-state index >= 15 is 0 Å². The molecule has 0 N–H and O–H groups in total. The Kier molecular flexibility index (Phi) is 5.22. The van der Waals surface area contributed by atoms with E-state index in [1.165, 1.54) is 6.20 Å². The van der Waals surface area contributed by atoms with Gasteiger partial charge in [0.15, 0.2) is 9.84 Å². The lowest BCUT2D eigenvalue weighted by molar-refractivity contribution is 0.0569. The number of carbonyl (C=O) groups is 2. The number of nitrogens with zero attached hydrogens (tertiary/aromatic N) is 4. The molecule has 10 heteroatoms. The van der Waals surface area contributed by atoms with Crippen LogP contribution in [0.2, 0.25) is 0 Å². The highest BCUT2D eigenvalue weighted by atomic mass is 32.2. The Balaban J connectivity index is 1.65. The van der Waals surface area contributed by atoms with Gasteiger partial charge in [-0.15, -0.1) is 0 Å². The summed E-state index contributed by atoms with van der Waals surface area (Å²) in [5.74, 6) is 0.0929. The van der Waals surface area contributed by atoms with Gasteiger partial charge in [-0.1, -0.05) is 0 Å². The fraction of sp³-hybridized carbons (Fsp3) is 0.688. The molecular weight excluding hydrogens is 360 g/mol. The number of amides is 2. The molecule has 0 spiro atoms. The van der Waals surface area contributed by atoms with Gasteiger partial charge in [0, 0.05) is 31.9 Å². The van der Waals surface area contributed by atoms with E-state index in [9.17, 15) is 18.0 Å². The number of ether oxygens (including phenoxy) is 1. The Bertz CT molecular complexity index is 796. The van der Waals surface area contributed by atoms with Crippen LogP contribution in [-0.4, -0.2) is 84.3 Å². The Morgan fingerprint density at radius 1 is 1.23 bits per heavy atom. The standard InChI is InChI=1S/C16H24N4O5S/c1-3-25-16(22)19-7-5-18(6-8-19)15(21)14-10-17-20(12(14)2)13-4-9-26(23,24)11-13/h10,13H,3-9,11H2,1-2H3. The summed E-state index contributed by atoms with van der Waals surface area (Å²) in [5.41, 5.74) is 1.17. The lowest BCUT2D eigenvalue weighted by Crippen LogP contribution is -2.50. The molecule has 1 aromatic heterocycles. The molecule has 2 aliphatic heterocycles. The third-order valence-corrected chi connectivity index (χ3v) is 6.67. The number of aromatic nitrogens is 2. The van der Waals surface area contributed by atoms with Crippen LogP contribution in [0.4, 0.5) is 4.79 Å². The Morgan fingerprint density at radius 2 is 1.88 bits per heavy atom. The largest absolute Gasteiger partial charge is 0.450 e. The highest BCUT2D eigenvalue weighted by molar-refractivity contribution is 7.91. The highest BCUT2D eigenvalue weighted by Crippen LogP contribution is 2.26. The molecule has 2 saturated heterocycles. The van der Waals surface area contributed by atoms with Gasteiger partial charge < -0.3 is 14.5 Å². The molecule has 0 radical (unpaired) electrons. The van der Waals surface area contributed by atoms with E-state index in [0.717, 1.165) is 0 Å². The minimum Gasteiger partial charge on any atom is -0.450 e. The number of hydrogen-bond acceptors (Lipinski definition) is 6. The van der Waals surface area contributed by atoms with E-state index in [1.807, 2.05) is 0 Å². The zero-order chi connectivity index (χ0) is 18.9. The molecule has 1 unspecified atom stereocenters. The first-order valence-electron chi connectivity index (χ1n) is 8.78. The quantitative estimate of drug-likeness (QED) is 0.751. The molecule has 9 nitrogen and oxygen atoms in total. The number of rotatable bonds is 3. The summed E-state index contributed by atoms with van der Waals surface area (Å²) in [7, 11) is -3.02. The monoisotopic (exact) mass is 384 g/mol. The number of hydrogen-bond donors (Lipinski definition) is 0. The Hall–Kier alpha value is -2.10. The van der Waals surface area contributed by atoms with Crippen molar-refractivity contribution in [2.24, 2.45) is 0 Å². The normalized spacial score (nSPS) is 22.5. The Morgan fingerprint density at radius 3 is 2.46 bits per heavy atom. The Labute approximate surface area is 152 Å². The predicted molar refractivity (Wildman–Crippen MR) is 93.8 cm³/mol. The van der Waals surface area contributed by atoms with Crippen LogP contribution in [0.1, 0.15) is 35.4 Å². The summed E-state index contributed by atoms with van der Waals surface area (Å²) in [5, 5.41) is 4.27. The second-order valence-corrected chi connectivity index (χ2v) is 8.85. The predicted octanol–water partition coefficient (Wildman–Crippen LogP) is 0.465. The van der Waals surface area contributed by atoms with Crippen LogP contribution < -0.4 is 0 Å². The van der Waals surface area contributed by atoms with E-state index < -0.39 is 9.84 Å². The average molecular weight is 384 g/mol. The molecule has 2 amide bonds. The molecule has 3 heterocycles. The van der Waals surface area contributed by atoms with Crippen LogP contribution in [0, 0.1) is 6.92 Å². The van der Waals surface area contributed by atoms with Gasteiger partial charge in [-0.2, -0.15) is 5.10 Å². The molecule has 1 atom stereocenters. The summed E-state index contributed by atoms with van der Waals surface area (Å²) >= 11 is 0. The fourth-order valence-electron chi connectivity index (χ4n) is 3.45. The molecule has 144 valence electrons. The third-order valence-electron chi connectivity index (χ3n) is 4.92. The van der Waals surface area contributed by atoms with Gasteiger partial charge in [-0.25, -0.2) is 13.2 Å². The first-order chi connectivity index (χ1) is 12.3. The maximum Gasteiger partial charge on any atom is 0.409 e. The van der Waals surface area contributed by atoms with E-state index in [2.05, 4.69) is 5.10 Å². The second-order valence-electron chi connectivity index (χ2n) is 6.62. The van der Waals surface area contributed by atoms with E-state index in [1.54, 1.807) is 28.3 Å². The molecule has 3 rings (SSSR count). The van der Waals surface area contributed by atoms with Crippen LogP contribution in [0.5, 0.6) is 0 Å². The molecule has 2 fully saturated rings. The van der Waals surface area contributed by atoms with Gasteiger partial charge in [-0.05, 0) is 20.3 Å². The van der Waals surface area contributed by atoms with Crippen molar-refractivity contribution in [1.82, 2.24) is 19.6 Å². The lowest BCUT2D eigenvalue weighted by Gasteiger charge is -2.34. The van der Waals surface area contributed by atoms with Crippen molar-refractivity contribution in [3.63, 3.8) is 0 Å². The van der Waals surface area contributed by atoms with Gasteiger partial charge in [0.2, 0.25) is 0 Å². The van der Waals surface area contributed by atoms with Crippen LogP contribution >= 0.6 is 0 Å². The van der Waals surface area contributed by atoms with Crippen molar-refractivity contribution in [3.8, 4) is 0 Å². The fourth-order valence-corrected chi connectivity index (χ4v) is 5.14. The van der Waals surface area contributed by atoms with Gasteiger partial charge in [-0.3, -0.25) is 9.48 Å². The van der Waals surface area contributed by atoms with Crippen molar-refractivity contribution >= 4 is 21.8 Å². The minimum absolute atomic E-state index is 0.0708. The number of sulfone groups is 1. The smallest absolute Gasteiger partial charge is 0.409 e. The van der Waals surface area contributed by atoms with Crippen molar-refractivity contribution in [1.29, 1.82) is 0 Å². The van der Waals surface area contributed by atoms with Crippen molar-refractivity contribution in [3.05, 3.63) is 17.5 Å². The van der Waals surface area contributed by atoms with Crippen molar-refractivity contribution in [2.45, 2.75) is 26.3 Å². The van der Waals surface area contributed by atoms with Crippen LogP contribution in [0.25, 0.3) is 0 Å². The summed E-state index contributed by atoms with van der Waals surface area (Å²) < 4.78 is 30.0. The lowest BCUT2D eigenvalue weighted by atomic mass is 10.2. The summed E-state index contributed by atoms with van der Waals surface area (Å²) in [6.45, 7) is 5.60. The van der Waals surface area contributed by atoms with E-state index in [4.69, 9.17) is 4.74 Å². The van der Waals surface area contributed by atoms with E-state index in [0.29, 0.717) is 50.5 Å². The molecular formula is C16H24N4O5S.